The topological polar surface area (TPSA) is 41.1 Å². The lowest BCUT2D eigenvalue weighted by Crippen LogP contribution is -2.35. The molecule has 15 heavy (non-hydrogen) atoms. The summed E-state index contributed by atoms with van der Waals surface area (Å²) in [5.74, 6) is 0. The molecule has 2 amide bonds. The van der Waals surface area contributed by atoms with Crippen molar-refractivity contribution in [1.29, 1.82) is 0 Å². The monoisotopic (exact) mass is 226 g/mol. The van der Waals surface area contributed by atoms with Crippen LogP contribution in [0.5, 0.6) is 0 Å². The molecular weight excluding hydrogens is 212 g/mol. The Hall–Kier alpha value is -1.22. The molecule has 1 rings (SSSR count). The lowest BCUT2D eigenvalue weighted by atomic mass is 10.3. The van der Waals surface area contributed by atoms with Crippen molar-refractivity contribution in [3.05, 3.63) is 29.3 Å². The van der Waals surface area contributed by atoms with Crippen LogP contribution in [0.3, 0.4) is 0 Å². The van der Waals surface area contributed by atoms with Gasteiger partial charge in [0.15, 0.2) is 0 Å². The highest BCUT2D eigenvalue weighted by molar-refractivity contribution is 6.33. The van der Waals surface area contributed by atoms with Gasteiger partial charge in [-0.1, -0.05) is 30.7 Å². The van der Waals surface area contributed by atoms with Gasteiger partial charge in [-0.05, 0) is 25.5 Å². The Labute approximate surface area is 94.8 Å². The van der Waals surface area contributed by atoms with Crippen LogP contribution in [-0.2, 0) is 0 Å². The molecule has 0 aliphatic rings. The summed E-state index contributed by atoms with van der Waals surface area (Å²) in [5.41, 5.74) is 0.625. The number of halogens is 1. The summed E-state index contributed by atoms with van der Waals surface area (Å²) >= 11 is 5.90. The van der Waals surface area contributed by atoms with E-state index in [1.807, 2.05) is 26.0 Å². The smallest absolute Gasteiger partial charge is 0.319 e. The number of benzene rings is 1. The predicted octanol–water partition coefficient (Wildman–Crippen LogP) is 3.26. The van der Waals surface area contributed by atoms with E-state index in [2.05, 4.69) is 10.6 Å². The quantitative estimate of drug-likeness (QED) is 0.816. The van der Waals surface area contributed by atoms with E-state index >= 15 is 0 Å². The highest BCUT2D eigenvalue weighted by atomic mass is 35.5. The molecule has 2 N–H and O–H groups in total. The summed E-state index contributed by atoms with van der Waals surface area (Å²) in [6, 6.07) is 7.08. The maximum atomic E-state index is 11.5. The zero-order valence-electron chi connectivity index (χ0n) is 8.88. The van der Waals surface area contributed by atoms with E-state index in [1.165, 1.54) is 0 Å². The first-order valence-electron chi connectivity index (χ1n) is 4.95. The molecule has 0 spiro atoms. The first-order valence-corrected chi connectivity index (χ1v) is 5.33. The molecule has 0 unspecified atom stereocenters. The van der Waals surface area contributed by atoms with Gasteiger partial charge in [-0.2, -0.15) is 0 Å². The van der Waals surface area contributed by atoms with Crippen LogP contribution in [0.4, 0.5) is 10.5 Å². The first kappa shape index (κ1) is 11.9. The standard InChI is InChI=1S/C11H15ClN2O/c1-3-8(2)13-11(15)14-10-7-5-4-6-9(10)12/h4-8H,3H2,1-2H3,(H2,13,14,15)/t8-/m0/s1. The highest BCUT2D eigenvalue weighted by Gasteiger charge is 2.06. The van der Waals surface area contributed by atoms with Crippen LogP contribution in [0.15, 0.2) is 24.3 Å². The third-order valence-electron chi connectivity index (χ3n) is 2.11. The molecule has 1 aromatic rings. The Morgan fingerprint density at radius 1 is 1.47 bits per heavy atom. The zero-order chi connectivity index (χ0) is 11.3. The van der Waals surface area contributed by atoms with Crippen LogP contribution >= 0.6 is 11.6 Å². The lowest BCUT2D eigenvalue weighted by molar-refractivity contribution is 0.249. The molecule has 3 nitrogen and oxygen atoms in total. The number of hydrogen-bond acceptors (Lipinski definition) is 1. The molecule has 0 saturated carbocycles. The number of rotatable bonds is 3. The maximum absolute atomic E-state index is 11.5. The summed E-state index contributed by atoms with van der Waals surface area (Å²) in [4.78, 5) is 11.5. The molecule has 1 atom stereocenters. The molecule has 0 fully saturated rings. The fraction of sp³-hybridized carbons (Fsp3) is 0.364. The predicted molar refractivity (Wildman–Crippen MR) is 63.4 cm³/mol. The summed E-state index contributed by atoms with van der Waals surface area (Å²) in [7, 11) is 0. The van der Waals surface area contributed by atoms with Crippen molar-refractivity contribution in [1.82, 2.24) is 5.32 Å². The van der Waals surface area contributed by atoms with Gasteiger partial charge < -0.3 is 10.6 Å². The molecule has 0 aliphatic heterocycles. The van der Waals surface area contributed by atoms with Crippen molar-refractivity contribution in [3.8, 4) is 0 Å². The number of hydrogen-bond donors (Lipinski definition) is 2. The summed E-state index contributed by atoms with van der Waals surface area (Å²) in [6.45, 7) is 3.96. The van der Waals surface area contributed by atoms with Gasteiger partial charge in [-0.15, -0.1) is 0 Å². The second-order valence-corrected chi connectivity index (χ2v) is 3.79. The number of amides is 2. The van der Waals surface area contributed by atoms with Crippen LogP contribution in [-0.4, -0.2) is 12.1 Å². The minimum atomic E-state index is -0.225. The van der Waals surface area contributed by atoms with Crippen molar-refractivity contribution >= 4 is 23.3 Å². The Bertz CT molecular complexity index is 341. The molecule has 4 heteroatoms. The van der Waals surface area contributed by atoms with Gasteiger partial charge in [-0.3, -0.25) is 0 Å². The number of carbonyl (C=O) groups excluding carboxylic acids is 1. The van der Waals surface area contributed by atoms with Crippen molar-refractivity contribution in [2.75, 3.05) is 5.32 Å². The molecule has 0 heterocycles. The van der Waals surface area contributed by atoms with Crippen molar-refractivity contribution < 1.29 is 4.79 Å². The minimum Gasteiger partial charge on any atom is -0.335 e. The fourth-order valence-electron chi connectivity index (χ4n) is 1.05. The molecule has 1 aromatic carbocycles. The summed E-state index contributed by atoms with van der Waals surface area (Å²) in [6.07, 6.45) is 0.899. The van der Waals surface area contributed by atoms with E-state index in [9.17, 15) is 4.79 Å². The SMILES string of the molecule is CC[C@H](C)NC(=O)Nc1ccccc1Cl. The lowest BCUT2D eigenvalue weighted by Gasteiger charge is -2.13. The first-order chi connectivity index (χ1) is 7.13. The second kappa shape index (κ2) is 5.61. The van der Waals surface area contributed by atoms with Crippen molar-refractivity contribution in [2.24, 2.45) is 0 Å². The highest BCUT2D eigenvalue weighted by Crippen LogP contribution is 2.20. The van der Waals surface area contributed by atoms with Crippen LogP contribution < -0.4 is 10.6 Å². The van der Waals surface area contributed by atoms with Gasteiger partial charge in [0.2, 0.25) is 0 Å². The molecule has 0 bridgehead atoms. The third-order valence-corrected chi connectivity index (χ3v) is 2.44. The van der Waals surface area contributed by atoms with Gasteiger partial charge in [0.25, 0.3) is 0 Å². The zero-order valence-corrected chi connectivity index (χ0v) is 9.64. The molecular formula is C11H15ClN2O. The average molecular weight is 227 g/mol. The third kappa shape index (κ3) is 3.80. The number of carbonyl (C=O) groups is 1. The van der Waals surface area contributed by atoms with Crippen LogP contribution in [0.1, 0.15) is 20.3 Å². The molecule has 0 saturated heterocycles. The van der Waals surface area contributed by atoms with Crippen LogP contribution in [0.2, 0.25) is 5.02 Å². The van der Waals surface area contributed by atoms with Crippen molar-refractivity contribution in [2.45, 2.75) is 26.3 Å². The van der Waals surface area contributed by atoms with Crippen molar-refractivity contribution in [3.63, 3.8) is 0 Å². The Morgan fingerprint density at radius 3 is 2.73 bits per heavy atom. The number of para-hydroxylation sites is 1. The molecule has 82 valence electrons. The molecule has 0 radical (unpaired) electrons. The summed E-state index contributed by atoms with van der Waals surface area (Å²) in [5, 5.41) is 6.03. The van der Waals surface area contributed by atoms with Gasteiger partial charge in [0.1, 0.15) is 0 Å². The number of anilines is 1. The fourth-order valence-corrected chi connectivity index (χ4v) is 1.23. The van der Waals surface area contributed by atoms with E-state index in [1.54, 1.807) is 12.1 Å². The molecule has 0 aromatic heterocycles. The van der Waals surface area contributed by atoms with E-state index in [4.69, 9.17) is 11.6 Å². The van der Waals surface area contributed by atoms with E-state index < -0.39 is 0 Å². The summed E-state index contributed by atoms with van der Waals surface area (Å²) < 4.78 is 0. The van der Waals surface area contributed by atoms with Gasteiger partial charge in [0, 0.05) is 6.04 Å². The maximum Gasteiger partial charge on any atom is 0.319 e. The van der Waals surface area contributed by atoms with Crippen LogP contribution in [0, 0.1) is 0 Å². The minimum absolute atomic E-state index is 0.160. The Balaban J connectivity index is 2.55. The Morgan fingerprint density at radius 2 is 2.13 bits per heavy atom. The number of urea groups is 1. The largest absolute Gasteiger partial charge is 0.335 e. The second-order valence-electron chi connectivity index (χ2n) is 3.39. The Kier molecular flexibility index (Phi) is 4.43. The van der Waals surface area contributed by atoms with Gasteiger partial charge in [0.05, 0.1) is 10.7 Å². The van der Waals surface area contributed by atoms with E-state index in [0.29, 0.717) is 10.7 Å². The van der Waals surface area contributed by atoms with E-state index in [-0.39, 0.29) is 12.1 Å². The average Bonchev–Trinajstić information content (AvgIpc) is 2.21. The van der Waals surface area contributed by atoms with Crippen LogP contribution in [0.25, 0.3) is 0 Å². The molecule has 0 aliphatic carbocycles. The normalized spacial score (nSPS) is 11.9. The van der Waals surface area contributed by atoms with E-state index in [0.717, 1.165) is 6.42 Å². The number of nitrogens with one attached hydrogen (secondary N) is 2. The van der Waals surface area contributed by atoms with Gasteiger partial charge >= 0.3 is 6.03 Å². The van der Waals surface area contributed by atoms with Gasteiger partial charge in [-0.25, -0.2) is 4.79 Å².